The van der Waals surface area contributed by atoms with Gasteiger partial charge in [0.15, 0.2) is 0 Å². The molecule has 26 heavy (non-hydrogen) atoms. The summed E-state index contributed by atoms with van der Waals surface area (Å²) >= 11 is 0. The van der Waals surface area contributed by atoms with Crippen LogP contribution in [0.1, 0.15) is 18.4 Å². The molecule has 0 saturated carbocycles. The van der Waals surface area contributed by atoms with Crippen molar-refractivity contribution in [2.75, 3.05) is 31.6 Å². The SMILES string of the molecule is Cc1ccc(S(=O)(=O)N2CCOCC2)cc1NC(=O)C1=NNC(=O)CC1. The Kier molecular flexibility index (Phi) is 5.35. The largest absolute Gasteiger partial charge is 0.379 e. The number of morpholine rings is 1. The van der Waals surface area contributed by atoms with Crippen LogP contribution in [0.5, 0.6) is 0 Å². The zero-order chi connectivity index (χ0) is 18.7. The molecule has 1 saturated heterocycles. The van der Waals surface area contributed by atoms with Crippen LogP contribution in [-0.4, -0.2) is 56.6 Å². The van der Waals surface area contributed by atoms with Crippen LogP contribution in [0.4, 0.5) is 5.69 Å². The Bertz CT molecular complexity index is 859. The summed E-state index contributed by atoms with van der Waals surface area (Å²) in [6, 6.07) is 4.61. The molecule has 2 aliphatic rings. The third-order valence-electron chi connectivity index (χ3n) is 4.23. The molecular weight excluding hydrogens is 360 g/mol. The van der Waals surface area contributed by atoms with Crippen LogP contribution in [0, 0.1) is 6.92 Å². The van der Waals surface area contributed by atoms with Crippen molar-refractivity contribution >= 4 is 33.2 Å². The summed E-state index contributed by atoms with van der Waals surface area (Å²) in [5.74, 6) is -0.703. The number of sulfonamides is 1. The van der Waals surface area contributed by atoms with Gasteiger partial charge < -0.3 is 10.1 Å². The average Bonchev–Trinajstić information content (AvgIpc) is 2.64. The minimum Gasteiger partial charge on any atom is -0.379 e. The van der Waals surface area contributed by atoms with Gasteiger partial charge in [0.25, 0.3) is 5.91 Å². The highest BCUT2D eigenvalue weighted by Gasteiger charge is 2.27. The van der Waals surface area contributed by atoms with Gasteiger partial charge in [0.05, 0.1) is 18.1 Å². The summed E-state index contributed by atoms with van der Waals surface area (Å²) in [6.07, 6.45) is 0.430. The topological polar surface area (TPSA) is 117 Å². The predicted octanol–water partition coefficient (Wildman–Crippen LogP) is 0.220. The summed E-state index contributed by atoms with van der Waals surface area (Å²) in [6.45, 7) is 3.09. The van der Waals surface area contributed by atoms with Crippen molar-refractivity contribution in [3.8, 4) is 0 Å². The van der Waals surface area contributed by atoms with E-state index in [1.54, 1.807) is 13.0 Å². The smallest absolute Gasteiger partial charge is 0.271 e. The lowest BCUT2D eigenvalue weighted by atomic mass is 10.1. The van der Waals surface area contributed by atoms with Gasteiger partial charge in [-0.25, -0.2) is 13.8 Å². The maximum atomic E-state index is 12.8. The number of anilines is 1. The molecule has 0 atom stereocenters. The standard InChI is InChI=1S/C16H20N4O5S/c1-11-2-3-12(26(23,24)20-6-8-25-9-7-20)10-14(11)17-16(22)13-4-5-15(21)19-18-13/h2-3,10H,4-9H2,1H3,(H,17,22)(H,19,21). The summed E-state index contributed by atoms with van der Waals surface area (Å²) in [7, 11) is -3.65. The highest BCUT2D eigenvalue weighted by molar-refractivity contribution is 7.89. The molecule has 1 fully saturated rings. The van der Waals surface area contributed by atoms with Crippen molar-refractivity contribution in [3.63, 3.8) is 0 Å². The first-order chi connectivity index (χ1) is 12.4. The first kappa shape index (κ1) is 18.5. The van der Waals surface area contributed by atoms with Gasteiger partial charge in [0.1, 0.15) is 5.71 Å². The lowest BCUT2D eigenvalue weighted by Crippen LogP contribution is -2.40. The minimum atomic E-state index is -3.65. The Hall–Kier alpha value is -2.30. The Morgan fingerprint density at radius 2 is 2.00 bits per heavy atom. The lowest BCUT2D eigenvalue weighted by molar-refractivity contribution is -0.121. The van der Waals surface area contributed by atoms with Gasteiger partial charge >= 0.3 is 0 Å². The number of carbonyl (C=O) groups is 2. The zero-order valence-electron chi connectivity index (χ0n) is 14.3. The molecular formula is C16H20N4O5S. The highest BCUT2D eigenvalue weighted by atomic mass is 32.2. The lowest BCUT2D eigenvalue weighted by Gasteiger charge is -2.26. The fourth-order valence-corrected chi connectivity index (χ4v) is 4.10. The molecule has 2 amide bonds. The first-order valence-corrected chi connectivity index (χ1v) is 9.67. The molecule has 0 radical (unpaired) electrons. The summed E-state index contributed by atoms with van der Waals surface area (Å²) in [4.78, 5) is 23.5. The van der Waals surface area contributed by atoms with E-state index in [0.29, 0.717) is 32.0 Å². The van der Waals surface area contributed by atoms with Gasteiger partial charge in [0, 0.05) is 31.6 Å². The normalized spacial score (nSPS) is 18.8. The second kappa shape index (κ2) is 7.52. The molecule has 140 valence electrons. The maximum absolute atomic E-state index is 12.8. The van der Waals surface area contributed by atoms with Crippen LogP contribution >= 0.6 is 0 Å². The van der Waals surface area contributed by atoms with E-state index in [1.807, 2.05) is 0 Å². The number of benzene rings is 1. The molecule has 0 unspecified atom stereocenters. The third kappa shape index (κ3) is 3.92. The number of rotatable bonds is 4. The Morgan fingerprint density at radius 1 is 1.27 bits per heavy atom. The van der Waals surface area contributed by atoms with Crippen molar-refractivity contribution < 1.29 is 22.7 Å². The molecule has 0 bridgehead atoms. The van der Waals surface area contributed by atoms with E-state index < -0.39 is 15.9 Å². The Morgan fingerprint density at radius 3 is 2.65 bits per heavy atom. The molecule has 9 nitrogen and oxygen atoms in total. The maximum Gasteiger partial charge on any atom is 0.271 e. The Labute approximate surface area is 151 Å². The summed E-state index contributed by atoms with van der Waals surface area (Å²) in [5, 5.41) is 6.43. The van der Waals surface area contributed by atoms with Gasteiger partial charge in [-0.2, -0.15) is 9.41 Å². The summed E-state index contributed by atoms with van der Waals surface area (Å²) < 4.78 is 32.1. The highest BCUT2D eigenvalue weighted by Crippen LogP contribution is 2.24. The van der Waals surface area contributed by atoms with Gasteiger partial charge in [-0.15, -0.1) is 0 Å². The quantitative estimate of drug-likeness (QED) is 0.775. The molecule has 1 aromatic carbocycles. The number of ether oxygens (including phenoxy) is 1. The number of hydrazone groups is 1. The van der Waals surface area contributed by atoms with Crippen LogP contribution in [0.25, 0.3) is 0 Å². The number of hydrogen-bond acceptors (Lipinski definition) is 6. The fourth-order valence-electron chi connectivity index (χ4n) is 2.66. The van der Waals surface area contributed by atoms with Crippen LogP contribution in [0.15, 0.2) is 28.2 Å². The van der Waals surface area contributed by atoms with Crippen LogP contribution in [0.2, 0.25) is 0 Å². The molecule has 2 N–H and O–H groups in total. The molecule has 2 heterocycles. The summed E-state index contributed by atoms with van der Waals surface area (Å²) in [5.41, 5.74) is 3.58. The van der Waals surface area contributed by atoms with Crippen molar-refractivity contribution in [2.24, 2.45) is 5.10 Å². The van der Waals surface area contributed by atoms with Gasteiger partial charge in [-0.1, -0.05) is 6.07 Å². The van der Waals surface area contributed by atoms with E-state index in [0.717, 1.165) is 5.56 Å². The first-order valence-electron chi connectivity index (χ1n) is 8.23. The van der Waals surface area contributed by atoms with Crippen LogP contribution < -0.4 is 10.7 Å². The number of amides is 2. The van der Waals surface area contributed by atoms with Gasteiger partial charge in [-0.3, -0.25) is 9.59 Å². The Balaban J connectivity index is 1.81. The molecule has 0 spiro atoms. The van der Waals surface area contributed by atoms with Crippen molar-refractivity contribution in [2.45, 2.75) is 24.7 Å². The van der Waals surface area contributed by atoms with Gasteiger partial charge in [-0.05, 0) is 24.6 Å². The minimum absolute atomic E-state index is 0.110. The average molecular weight is 380 g/mol. The zero-order valence-corrected chi connectivity index (χ0v) is 15.1. The fraction of sp³-hybridized carbons (Fsp3) is 0.438. The molecule has 3 rings (SSSR count). The van der Waals surface area contributed by atoms with E-state index in [4.69, 9.17) is 4.74 Å². The van der Waals surface area contributed by atoms with Crippen LogP contribution in [0.3, 0.4) is 0 Å². The van der Waals surface area contributed by atoms with Crippen LogP contribution in [-0.2, 0) is 24.3 Å². The molecule has 1 aromatic rings. The van der Waals surface area contributed by atoms with Gasteiger partial charge in [0.2, 0.25) is 15.9 Å². The van der Waals surface area contributed by atoms with E-state index in [2.05, 4.69) is 15.8 Å². The predicted molar refractivity (Wildman–Crippen MR) is 94.2 cm³/mol. The number of nitrogens with one attached hydrogen (secondary N) is 2. The number of carbonyl (C=O) groups excluding carboxylic acids is 2. The molecule has 0 aliphatic carbocycles. The third-order valence-corrected chi connectivity index (χ3v) is 6.13. The molecule has 0 aromatic heterocycles. The number of aryl methyl sites for hydroxylation is 1. The van der Waals surface area contributed by atoms with E-state index >= 15 is 0 Å². The van der Waals surface area contributed by atoms with E-state index in [9.17, 15) is 18.0 Å². The second-order valence-electron chi connectivity index (χ2n) is 6.04. The molecule has 2 aliphatic heterocycles. The van der Waals surface area contributed by atoms with E-state index in [1.165, 1.54) is 16.4 Å². The monoisotopic (exact) mass is 380 g/mol. The second-order valence-corrected chi connectivity index (χ2v) is 7.98. The van der Waals surface area contributed by atoms with Crippen molar-refractivity contribution in [3.05, 3.63) is 23.8 Å². The molecule has 10 heteroatoms. The number of hydrogen-bond donors (Lipinski definition) is 2. The van der Waals surface area contributed by atoms with Crippen molar-refractivity contribution in [1.29, 1.82) is 0 Å². The number of nitrogens with zero attached hydrogens (tertiary/aromatic N) is 2. The van der Waals surface area contributed by atoms with E-state index in [-0.39, 0.29) is 29.4 Å². The van der Waals surface area contributed by atoms with Crippen molar-refractivity contribution in [1.82, 2.24) is 9.73 Å².